The van der Waals surface area contributed by atoms with Gasteiger partial charge in [0.25, 0.3) is 0 Å². The van der Waals surface area contributed by atoms with Crippen LogP contribution in [-0.4, -0.2) is 40.2 Å². The average Bonchev–Trinajstić information content (AvgIpc) is 2.91. The van der Waals surface area contributed by atoms with Crippen molar-refractivity contribution in [1.82, 2.24) is 10.3 Å². The van der Waals surface area contributed by atoms with E-state index in [0.29, 0.717) is 12.8 Å². The quantitative estimate of drug-likeness (QED) is 0.735. The van der Waals surface area contributed by atoms with Crippen molar-refractivity contribution >= 4 is 28.6 Å². The van der Waals surface area contributed by atoms with Crippen molar-refractivity contribution in [1.29, 1.82) is 0 Å². The molecule has 3 N–H and O–H groups in total. The van der Waals surface area contributed by atoms with Crippen molar-refractivity contribution in [3.05, 3.63) is 35.5 Å². The first kappa shape index (κ1) is 16.9. The summed E-state index contributed by atoms with van der Waals surface area (Å²) in [6, 6.07) is 6.18. The van der Waals surface area contributed by atoms with E-state index < -0.39 is 0 Å². The van der Waals surface area contributed by atoms with Gasteiger partial charge >= 0.3 is 0 Å². The number of nitrogens with one attached hydrogen (secondary N) is 2. The second-order valence-electron chi connectivity index (χ2n) is 5.62. The number of para-hydroxylation sites is 1. The van der Waals surface area contributed by atoms with Gasteiger partial charge < -0.3 is 15.4 Å². The molecule has 2 rings (SSSR count). The molecular formula is C17H24N2O2S. The Morgan fingerprint density at radius 3 is 2.91 bits per heavy atom. The van der Waals surface area contributed by atoms with Gasteiger partial charge in [-0.25, -0.2) is 0 Å². The second kappa shape index (κ2) is 7.70. The Hall–Kier alpha value is -1.46. The van der Waals surface area contributed by atoms with E-state index in [2.05, 4.69) is 29.4 Å². The van der Waals surface area contributed by atoms with E-state index >= 15 is 0 Å². The van der Waals surface area contributed by atoms with E-state index in [9.17, 15) is 9.90 Å². The smallest absolute Gasteiger partial charge is 0.220 e. The summed E-state index contributed by atoms with van der Waals surface area (Å²) in [6.45, 7) is 4.09. The number of hydrogen-bond acceptors (Lipinski definition) is 3. The lowest BCUT2D eigenvalue weighted by molar-refractivity contribution is -0.121. The van der Waals surface area contributed by atoms with E-state index in [4.69, 9.17) is 0 Å². The second-order valence-corrected chi connectivity index (χ2v) is 6.70. The number of aliphatic hydroxyl groups is 1. The van der Waals surface area contributed by atoms with Crippen LogP contribution >= 0.6 is 11.8 Å². The normalized spacial score (nSPS) is 14.0. The maximum absolute atomic E-state index is 12.1. The summed E-state index contributed by atoms with van der Waals surface area (Å²) >= 11 is 1.57. The fraction of sp³-hybridized carbons (Fsp3) is 0.471. The minimum Gasteiger partial charge on any atom is -0.395 e. The van der Waals surface area contributed by atoms with Crippen LogP contribution in [0.3, 0.4) is 0 Å². The summed E-state index contributed by atoms with van der Waals surface area (Å²) in [7, 11) is 0. The van der Waals surface area contributed by atoms with Gasteiger partial charge in [-0.15, -0.1) is 0 Å². The first-order chi connectivity index (χ1) is 10.6. The number of benzene rings is 1. The van der Waals surface area contributed by atoms with E-state index in [1.165, 1.54) is 16.5 Å². The summed E-state index contributed by atoms with van der Waals surface area (Å²) in [4.78, 5) is 15.4. The van der Waals surface area contributed by atoms with Crippen LogP contribution in [0.15, 0.2) is 24.4 Å². The van der Waals surface area contributed by atoms with Crippen LogP contribution in [0.25, 0.3) is 10.9 Å². The van der Waals surface area contributed by atoms with Crippen LogP contribution in [0, 0.1) is 6.92 Å². The van der Waals surface area contributed by atoms with E-state index in [0.717, 1.165) is 5.52 Å². The molecule has 0 saturated carbocycles. The molecule has 0 saturated heterocycles. The number of thioether (sulfide) groups is 1. The molecule has 2 aromatic rings. The number of H-pyrrole nitrogens is 1. The molecule has 1 aromatic carbocycles. The zero-order valence-corrected chi connectivity index (χ0v) is 14.2. The van der Waals surface area contributed by atoms with Gasteiger partial charge in [0.2, 0.25) is 5.91 Å². The number of aryl methyl sites for hydroxylation is 2. The molecule has 120 valence electrons. The molecule has 0 bridgehead atoms. The van der Waals surface area contributed by atoms with Crippen LogP contribution in [0.1, 0.15) is 24.5 Å². The van der Waals surface area contributed by atoms with Gasteiger partial charge in [0.1, 0.15) is 0 Å². The van der Waals surface area contributed by atoms with Crippen molar-refractivity contribution in [3.8, 4) is 0 Å². The maximum atomic E-state index is 12.1. The number of amides is 1. The number of aromatic amines is 1. The van der Waals surface area contributed by atoms with Crippen molar-refractivity contribution in [3.63, 3.8) is 0 Å². The molecule has 5 heteroatoms. The summed E-state index contributed by atoms with van der Waals surface area (Å²) in [6.07, 6.45) is 5.10. The predicted octanol–water partition coefficient (Wildman–Crippen LogP) is 2.64. The Bertz CT molecular complexity index is 635. The highest BCUT2D eigenvalue weighted by Gasteiger charge is 2.17. The Balaban J connectivity index is 1.94. The van der Waals surface area contributed by atoms with Gasteiger partial charge in [0.15, 0.2) is 0 Å². The molecule has 0 radical (unpaired) electrons. The lowest BCUT2D eigenvalue weighted by Crippen LogP contribution is -2.41. The van der Waals surface area contributed by atoms with Gasteiger partial charge in [-0.05, 0) is 37.7 Å². The van der Waals surface area contributed by atoms with Gasteiger partial charge in [-0.3, -0.25) is 4.79 Å². The highest BCUT2D eigenvalue weighted by Crippen LogP contribution is 2.22. The van der Waals surface area contributed by atoms with E-state index in [1.807, 2.05) is 25.4 Å². The average molecular weight is 320 g/mol. The molecule has 4 nitrogen and oxygen atoms in total. The molecule has 2 atom stereocenters. The highest BCUT2D eigenvalue weighted by molar-refractivity contribution is 7.99. The number of aliphatic hydroxyl groups excluding tert-OH is 1. The van der Waals surface area contributed by atoms with Crippen LogP contribution in [0.2, 0.25) is 0 Å². The summed E-state index contributed by atoms with van der Waals surface area (Å²) in [5, 5.41) is 13.5. The standard InChI is InChI=1S/C17H24N2O2S/c1-11-5-4-6-14-13(9-18-17(11)14)7-8-16(21)19-12(2)15(10-20)22-3/h4-6,9,12,15,18,20H,7-8,10H2,1-3H3,(H,19,21)/t12-,15+/m1/s1. The van der Waals surface area contributed by atoms with Gasteiger partial charge in [-0.1, -0.05) is 18.2 Å². The molecule has 0 fully saturated rings. The lowest BCUT2D eigenvalue weighted by Gasteiger charge is -2.21. The Morgan fingerprint density at radius 1 is 1.45 bits per heavy atom. The van der Waals surface area contributed by atoms with Crippen molar-refractivity contribution in [2.24, 2.45) is 0 Å². The van der Waals surface area contributed by atoms with E-state index in [1.54, 1.807) is 11.8 Å². The highest BCUT2D eigenvalue weighted by atomic mass is 32.2. The Labute approximate surface area is 135 Å². The van der Waals surface area contributed by atoms with Crippen molar-refractivity contribution in [2.45, 2.75) is 38.0 Å². The predicted molar refractivity (Wildman–Crippen MR) is 93.4 cm³/mol. The van der Waals surface area contributed by atoms with Crippen LogP contribution in [0.4, 0.5) is 0 Å². The maximum Gasteiger partial charge on any atom is 0.220 e. The Kier molecular flexibility index (Phi) is 5.91. The topological polar surface area (TPSA) is 65.1 Å². The molecule has 22 heavy (non-hydrogen) atoms. The van der Waals surface area contributed by atoms with E-state index in [-0.39, 0.29) is 23.8 Å². The van der Waals surface area contributed by atoms with Gasteiger partial charge in [-0.2, -0.15) is 11.8 Å². The number of fused-ring (bicyclic) bond motifs is 1. The molecule has 0 spiro atoms. The molecule has 1 heterocycles. The number of aromatic nitrogens is 1. The fourth-order valence-corrected chi connectivity index (χ4v) is 3.30. The fourth-order valence-electron chi connectivity index (χ4n) is 2.67. The third kappa shape index (κ3) is 3.84. The van der Waals surface area contributed by atoms with Crippen molar-refractivity contribution < 1.29 is 9.90 Å². The van der Waals surface area contributed by atoms with Crippen molar-refractivity contribution in [2.75, 3.05) is 12.9 Å². The number of carbonyl (C=O) groups excluding carboxylic acids is 1. The van der Waals surface area contributed by atoms with Crippen LogP contribution in [-0.2, 0) is 11.2 Å². The van der Waals surface area contributed by atoms with Gasteiger partial charge in [0, 0.05) is 34.8 Å². The van der Waals surface area contributed by atoms with Crippen LogP contribution < -0.4 is 5.32 Å². The molecular weight excluding hydrogens is 296 g/mol. The summed E-state index contributed by atoms with van der Waals surface area (Å²) in [5.74, 6) is 0.0296. The number of hydrogen-bond donors (Lipinski definition) is 3. The molecule has 1 amide bonds. The largest absolute Gasteiger partial charge is 0.395 e. The third-order valence-electron chi connectivity index (χ3n) is 4.06. The lowest BCUT2D eigenvalue weighted by atomic mass is 10.1. The zero-order chi connectivity index (χ0) is 16.1. The molecule has 1 aromatic heterocycles. The number of carbonyl (C=O) groups is 1. The zero-order valence-electron chi connectivity index (χ0n) is 13.3. The van der Waals surface area contributed by atoms with Gasteiger partial charge in [0.05, 0.1) is 6.61 Å². The molecule has 0 unspecified atom stereocenters. The molecule has 0 aliphatic heterocycles. The number of rotatable bonds is 7. The first-order valence-corrected chi connectivity index (χ1v) is 8.84. The summed E-state index contributed by atoms with van der Waals surface area (Å²) < 4.78 is 0. The summed E-state index contributed by atoms with van der Waals surface area (Å²) in [5.41, 5.74) is 3.53. The monoisotopic (exact) mass is 320 g/mol. The third-order valence-corrected chi connectivity index (χ3v) is 5.22. The minimum atomic E-state index is -0.0299. The first-order valence-electron chi connectivity index (χ1n) is 7.55. The van der Waals surface area contributed by atoms with Crippen LogP contribution in [0.5, 0.6) is 0 Å². The Morgan fingerprint density at radius 2 is 2.23 bits per heavy atom. The minimum absolute atomic E-state index is 0.0296. The SMILES string of the molecule is CS[C@@H](CO)[C@@H](C)NC(=O)CCc1c[nH]c2c(C)cccc12. The molecule has 0 aliphatic rings. The molecule has 0 aliphatic carbocycles.